The minimum atomic E-state index is -1.44. The van der Waals surface area contributed by atoms with Gasteiger partial charge in [0.05, 0.1) is 0 Å². The molecule has 3 aromatic rings. The monoisotopic (exact) mass is 417 g/mol. The number of carbonyl (C=O) groups is 2. The number of hydrogen-bond acceptors (Lipinski definition) is 4. The molecule has 0 saturated heterocycles. The summed E-state index contributed by atoms with van der Waals surface area (Å²) in [6, 6.07) is 28.3. The molecular weight excluding hydrogens is 390 g/mol. The average Bonchev–Trinajstić information content (AvgIpc) is 2.83. The van der Waals surface area contributed by atoms with Crippen LogP contribution in [0, 0.1) is 0 Å². The largest absolute Gasteiger partial charge is 0.453 e. The van der Waals surface area contributed by atoms with Gasteiger partial charge in [0.2, 0.25) is 5.60 Å². The highest BCUT2D eigenvalue weighted by Gasteiger charge is 2.45. The third kappa shape index (κ3) is 5.58. The number of esters is 1. The van der Waals surface area contributed by atoms with E-state index in [9.17, 15) is 9.59 Å². The topological polar surface area (TPSA) is 64.6 Å². The lowest BCUT2D eigenvalue weighted by Gasteiger charge is -2.32. The number of hydrogen-bond donors (Lipinski definition) is 1. The second-order valence-corrected chi connectivity index (χ2v) is 7.01. The molecule has 0 bridgehead atoms. The smallest absolute Gasteiger partial charge is 0.348 e. The van der Waals surface area contributed by atoms with Crippen LogP contribution in [0.5, 0.6) is 0 Å². The second kappa shape index (κ2) is 11.1. The molecule has 1 amide bonds. The number of carbonyl (C=O) groups excluding carboxylic acids is 2. The van der Waals surface area contributed by atoms with Crippen LogP contribution in [0.3, 0.4) is 0 Å². The number of ether oxygens (including phenoxy) is 2. The van der Waals surface area contributed by atoms with E-state index in [0.717, 1.165) is 5.56 Å². The number of nitrogens with one attached hydrogen (secondary N) is 1. The summed E-state index contributed by atoms with van der Waals surface area (Å²) in [5.74, 6) is -0.972. The Balaban J connectivity index is 1.71. The highest BCUT2D eigenvalue weighted by molar-refractivity contribution is 5.88. The quantitative estimate of drug-likeness (QED) is 0.509. The van der Waals surface area contributed by atoms with Gasteiger partial charge in [-0.05, 0) is 30.0 Å². The molecule has 160 valence electrons. The van der Waals surface area contributed by atoms with Gasteiger partial charge in [-0.3, -0.25) is 4.79 Å². The summed E-state index contributed by atoms with van der Waals surface area (Å²) in [7, 11) is 0. The summed E-state index contributed by atoms with van der Waals surface area (Å²) < 4.78 is 11.5. The second-order valence-electron chi connectivity index (χ2n) is 7.01. The molecular formula is C26H27NO4. The molecule has 0 unspecified atom stereocenters. The van der Waals surface area contributed by atoms with Crippen molar-refractivity contribution in [3.8, 4) is 0 Å². The summed E-state index contributed by atoms with van der Waals surface area (Å²) in [5, 5.41) is 2.79. The lowest BCUT2D eigenvalue weighted by Crippen LogP contribution is -2.43. The zero-order valence-electron chi connectivity index (χ0n) is 17.6. The lowest BCUT2D eigenvalue weighted by molar-refractivity contribution is -0.170. The maximum absolute atomic E-state index is 13.3. The van der Waals surface area contributed by atoms with Gasteiger partial charge in [0.15, 0.2) is 6.61 Å². The first-order valence-electron chi connectivity index (χ1n) is 10.4. The molecule has 0 heterocycles. The molecule has 0 aliphatic heterocycles. The van der Waals surface area contributed by atoms with Crippen molar-refractivity contribution in [3.05, 3.63) is 108 Å². The minimum absolute atomic E-state index is 0.294. The molecule has 0 radical (unpaired) electrons. The fraction of sp³-hybridized carbons (Fsp3) is 0.231. The van der Waals surface area contributed by atoms with Gasteiger partial charge < -0.3 is 14.8 Å². The molecule has 31 heavy (non-hydrogen) atoms. The maximum atomic E-state index is 13.3. The molecule has 0 aliphatic rings. The Hall–Kier alpha value is -3.44. The summed E-state index contributed by atoms with van der Waals surface area (Å²) >= 11 is 0. The Kier molecular flexibility index (Phi) is 7.96. The first kappa shape index (κ1) is 22.2. The predicted octanol–water partition coefficient (Wildman–Crippen LogP) is 3.87. The molecule has 0 fully saturated rings. The van der Waals surface area contributed by atoms with Crippen molar-refractivity contribution >= 4 is 11.9 Å². The zero-order valence-corrected chi connectivity index (χ0v) is 17.6. The minimum Gasteiger partial charge on any atom is -0.453 e. The third-order valence-electron chi connectivity index (χ3n) is 4.92. The maximum Gasteiger partial charge on any atom is 0.348 e. The molecule has 0 aliphatic carbocycles. The molecule has 3 aromatic carbocycles. The van der Waals surface area contributed by atoms with E-state index in [-0.39, 0.29) is 12.5 Å². The van der Waals surface area contributed by atoms with Crippen LogP contribution in [0.25, 0.3) is 0 Å². The van der Waals surface area contributed by atoms with E-state index in [1.54, 1.807) is 0 Å². The molecule has 0 aromatic heterocycles. The Labute approximate surface area is 183 Å². The fourth-order valence-electron chi connectivity index (χ4n) is 3.46. The van der Waals surface area contributed by atoms with Crippen molar-refractivity contribution in [2.24, 2.45) is 0 Å². The van der Waals surface area contributed by atoms with Crippen LogP contribution in [0.15, 0.2) is 91.0 Å². The van der Waals surface area contributed by atoms with Crippen LogP contribution in [0.1, 0.15) is 23.6 Å². The van der Waals surface area contributed by atoms with Gasteiger partial charge in [0.25, 0.3) is 5.91 Å². The van der Waals surface area contributed by atoms with Gasteiger partial charge in [-0.2, -0.15) is 0 Å². The van der Waals surface area contributed by atoms with E-state index in [1.165, 1.54) is 0 Å². The van der Waals surface area contributed by atoms with E-state index < -0.39 is 11.6 Å². The van der Waals surface area contributed by atoms with Gasteiger partial charge >= 0.3 is 5.97 Å². The van der Waals surface area contributed by atoms with Crippen molar-refractivity contribution < 1.29 is 19.1 Å². The predicted molar refractivity (Wildman–Crippen MR) is 119 cm³/mol. The van der Waals surface area contributed by atoms with Crippen LogP contribution in [0.2, 0.25) is 0 Å². The van der Waals surface area contributed by atoms with E-state index in [1.807, 2.05) is 97.9 Å². The van der Waals surface area contributed by atoms with Gasteiger partial charge in [0, 0.05) is 13.2 Å². The van der Waals surface area contributed by atoms with Crippen molar-refractivity contribution in [1.29, 1.82) is 0 Å². The summed E-state index contributed by atoms with van der Waals surface area (Å²) in [4.78, 5) is 25.6. The summed E-state index contributed by atoms with van der Waals surface area (Å²) in [6.45, 7) is 2.21. The highest BCUT2D eigenvalue weighted by Crippen LogP contribution is 2.35. The Morgan fingerprint density at radius 1 is 0.806 bits per heavy atom. The van der Waals surface area contributed by atoms with Gasteiger partial charge in [0.1, 0.15) is 0 Å². The average molecular weight is 418 g/mol. The standard InChI is InChI=1S/C26H27NO4/c1-2-31-26(22-14-8-4-9-15-22,23-16-10-5-11-17-23)25(29)30-20-24(28)27-19-18-21-12-6-3-7-13-21/h3-17H,2,18-20H2,1H3,(H,27,28). The van der Waals surface area contributed by atoms with Gasteiger partial charge in [-0.15, -0.1) is 0 Å². The van der Waals surface area contributed by atoms with E-state index >= 15 is 0 Å². The van der Waals surface area contributed by atoms with Crippen LogP contribution in [-0.4, -0.2) is 31.6 Å². The Morgan fingerprint density at radius 2 is 1.32 bits per heavy atom. The van der Waals surface area contributed by atoms with Gasteiger partial charge in [-0.1, -0.05) is 91.0 Å². The number of benzene rings is 3. The Morgan fingerprint density at radius 3 is 1.84 bits per heavy atom. The molecule has 3 rings (SSSR count). The van der Waals surface area contributed by atoms with Crippen molar-refractivity contribution in [2.45, 2.75) is 18.9 Å². The number of rotatable bonds is 10. The molecule has 0 atom stereocenters. The molecule has 5 nitrogen and oxygen atoms in total. The highest BCUT2D eigenvalue weighted by atomic mass is 16.6. The summed E-state index contributed by atoms with van der Waals surface area (Å²) in [5.41, 5.74) is 0.986. The normalized spacial score (nSPS) is 11.0. The SMILES string of the molecule is CCOC(C(=O)OCC(=O)NCCc1ccccc1)(c1ccccc1)c1ccccc1. The van der Waals surface area contributed by atoms with E-state index in [2.05, 4.69) is 5.32 Å². The van der Waals surface area contributed by atoms with Crippen LogP contribution >= 0.6 is 0 Å². The third-order valence-corrected chi connectivity index (χ3v) is 4.92. The van der Waals surface area contributed by atoms with Crippen LogP contribution < -0.4 is 5.32 Å². The van der Waals surface area contributed by atoms with Crippen LogP contribution in [-0.2, 0) is 31.1 Å². The van der Waals surface area contributed by atoms with Crippen molar-refractivity contribution in [1.82, 2.24) is 5.32 Å². The Bertz CT molecular complexity index is 919. The molecule has 0 spiro atoms. The van der Waals surface area contributed by atoms with E-state index in [4.69, 9.17) is 9.47 Å². The lowest BCUT2D eigenvalue weighted by atomic mass is 9.86. The van der Waals surface area contributed by atoms with Crippen LogP contribution in [0.4, 0.5) is 0 Å². The van der Waals surface area contributed by atoms with Crippen molar-refractivity contribution in [2.75, 3.05) is 19.8 Å². The first-order chi connectivity index (χ1) is 15.2. The summed E-state index contributed by atoms with van der Waals surface area (Å²) in [6.07, 6.45) is 0.706. The first-order valence-corrected chi connectivity index (χ1v) is 10.4. The number of amides is 1. The van der Waals surface area contributed by atoms with E-state index in [0.29, 0.717) is 30.7 Å². The molecule has 0 saturated carbocycles. The van der Waals surface area contributed by atoms with Gasteiger partial charge in [-0.25, -0.2) is 4.79 Å². The molecule has 1 N–H and O–H groups in total. The molecule has 5 heteroatoms. The zero-order chi connectivity index (χ0) is 21.9. The fourth-order valence-corrected chi connectivity index (χ4v) is 3.46. The van der Waals surface area contributed by atoms with Crippen molar-refractivity contribution in [3.63, 3.8) is 0 Å².